The Kier molecular flexibility index (Phi) is 5.78. The van der Waals surface area contributed by atoms with Crippen molar-refractivity contribution in [3.05, 3.63) is 106 Å². The zero-order valence-electron chi connectivity index (χ0n) is 36.2. The first-order chi connectivity index (χ1) is 23.0. The number of benzene rings is 4. The molecule has 0 amide bonds. The van der Waals surface area contributed by atoms with Gasteiger partial charge in [-0.15, -0.1) is 0 Å². The zero-order valence-corrected chi connectivity index (χ0v) is 27.9. The molecule has 0 saturated heterocycles. The summed E-state index contributed by atoms with van der Waals surface area (Å²) in [5.41, 5.74) is -1.03. The highest BCUT2D eigenvalue weighted by molar-refractivity contribution is 6.30. The molecule has 4 aromatic rings. The van der Waals surface area contributed by atoms with E-state index in [0.717, 1.165) is 0 Å². The highest BCUT2D eigenvalue weighted by atomic mass is 35.5. The summed E-state index contributed by atoms with van der Waals surface area (Å²) >= 11 is 6.43. The molecule has 0 aliphatic rings. The normalized spacial score (nSPS) is 15.9. The third kappa shape index (κ3) is 7.30. The molecule has 4 rings (SSSR count). The second-order valence-electron chi connectivity index (χ2n) is 15.1. The molecule has 0 heterocycles. The van der Waals surface area contributed by atoms with Crippen LogP contribution in [0.2, 0.25) is 5.02 Å². The van der Waals surface area contributed by atoms with Crippen molar-refractivity contribution < 1.29 is 12.3 Å². The third-order valence-corrected chi connectivity index (χ3v) is 7.20. The van der Waals surface area contributed by atoms with E-state index in [9.17, 15) is 9.60 Å². The van der Waals surface area contributed by atoms with Gasteiger partial charge in [0.25, 0.3) is 0 Å². The molecule has 0 unspecified atom stereocenters. The largest absolute Gasteiger partial charge is 0.354 e. The van der Waals surface area contributed by atoms with Crippen molar-refractivity contribution in [2.75, 3.05) is 5.32 Å². The fourth-order valence-corrected chi connectivity index (χ4v) is 4.46. The van der Waals surface area contributed by atoms with Crippen molar-refractivity contribution in [3.63, 3.8) is 0 Å². The van der Waals surface area contributed by atoms with Gasteiger partial charge in [0, 0.05) is 21.8 Å². The summed E-state index contributed by atoms with van der Waals surface area (Å²) in [6, 6.07) is 5.29. The SMILES string of the molecule is [2H]c1c([2H])c(C(C)(C)C)c([2H])c([2H])c1-c1c([2H])c(C(C)(C)C)c([2H])c(-c2c([2H])c(C(C)(C)C)c([2H])c(C(C)(C)C)c2[2H])c1Nc1cccc(Cl)c1. The summed E-state index contributed by atoms with van der Waals surface area (Å²) in [4.78, 5) is 0. The van der Waals surface area contributed by atoms with Crippen LogP contribution in [0.1, 0.15) is 118 Å². The Morgan fingerprint density at radius 2 is 1.00 bits per heavy atom. The molecule has 2 heteroatoms. The quantitative estimate of drug-likeness (QED) is 0.250. The standard InChI is InChI=1S/C40H50ClN/c1-37(2,3)28-18-16-26(17-19-28)34-23-31(40(10,11)12)24-35(36(34)42-33-15-13-14-32(41)25-33)27-20-29(38(4,5)6)22-30(21-27)39(7,8)9/h13-25,42H,1-12H3/i16D,17D,18D,19D,20D,21D,22D,23D,24D. The van der Waals surface area contributed by atoms with Gasteiger partial charge in [0.05, 0.1) is 18.0 Å². The summed E-state index contributed by atoms with van der Waals surface area (Å²) in [5.74, 6) is 0. The zero-order chi connectivity index (χ0) is 39.1. The minimum atomic E-state index is -0.838. The molecule has 0 bridgehead atoms. The van der Waals surface area contributed by atoms with Crippen LogP contribution in [0.25, 0.3) is 22.3 Å². The van der Waals surface area contributed by atoms with Crippen LogP contribution in [-0.4, -0.2) is 0 Å². The average Bonchev–Trinajstić information content (AvgIpc) is 2.92. The fourth-order valence-electron chi connectivity index (χ4n) is 4.27. The molecule has 0 atom stereocenters. The first-order valence-corrected chi connectivity index (χ1v) is 14.9. The Morgan fingerprint density at radius 3 is 1.45 bits per heavy atom. The van der Waals surface area contributed by atoms with Gasteiger partial charge in [-0.2, -0.15) is 0 Å². The topological polar surface area (TPSA) is 12.0 Å². The van der Waals surface area contributed by atoms with Gasteiger partial charge in [-0.1, -0.05) is 143 Å². The summed E-state index contributed by atoms with van der Waals surface area (Å²) < 4.78 is 85.0. The minimum absolute atomic E-state index is 0.0201. The number of halogens is 1. The van der Waals surface area contributed by atoms with Gasteiger partial charge in [-0.25, -0.2) is 0 Å². The number of anilines is 2. The number of rotatable bonds is 4. The first kappa shape index (κ1) is 21.6. The Labute approximate surface area is 273 Å². The molecule has 0 aliphatic heterocycles. The lowest BCUT2D eigenvalue weighted by molar-refractivity contribution is 0.569. The lowest BCUT2D eigenvalue weighted by Crippen LogP contribution is -2.17. The molecule has 222 valence electrons. The average molecular weight is 589 g/mol. The summed E-state index contributed by atoms with van der Waals surface area (Å²) in [5, 5.41) is 3.74. The van der Waals surface area contributed by atoms with Crippen LogP contribution >= 0.6 is 11.6 Å². The van der Waals surface area contributed by atoms with Crippen LogP contribution in [0.15, 0.2) is 78.6 Å². The van der Waals surface area contributed by atoms with Crippen LogP contribution in [0.3, 0.4) is 0 Å². The van der Waals surface area contributed by atoms with Gasteiger partial charge in [0.1, 0.15) is 0 Å². The van der Waals surface area contributed by atoms with Crippen LogP contribution < -0.4 is 5.32 Å². The minimum Gasteiger partial charge on any atom is -0.354 e. The van der Waals surface area contributed by atoms with E-state index in [-0.39, 0.29) is 93.4 Å². The molecule has 0 saturated carbocycles. The number of nitrogens with one attached hydrogen (secondary N) is 1. The molecule has 0 fully saturated rings. The fraction of sp³-hybridized carbons (Fsp3) is 0.400. The third-order valence-electron chi connectivity index (χ3n) is 6.97. The summed E-state index contributed by atoms with van der Waals surface area (Å²) in [6.45, 7) is 22.5. The van der Waals surface area contributed by atoms with E-state index in [0.29, 0.717) is 21.8 Å². The maximum atomic E-state index is 9.83. The highest BCUT2D eigenvalue weighted by Crippen LogP contribution is 2.45. The first-order valence-electron chi connectivity index (χ1n) is 19.0. The van der Waals surface area contributed by atoms with Gasteiger partial charge in [-0.3, -0.25) is 0 Å². The molecule has 0 aliphatic carbocycles. The van der Waals surface area contributed by atoms with E-state index in [1.807, 2.05) is 83.1 Å². The van der Waals surface area contributed by atoms with Crippen LogP contribution in [0, 0.1) is 0 Å². The molecule has 0 spiro atoms. The van der Waals surface area contributed by atoms with Crippen LogP contribution in [-0.2, 0) is 21.7 Å². The van der Waals surface area contributed by atoms with E-state index in [1.165, 1.54) is 0 Å². The van der Waals surface area contributed by atoms with Crippen molar-refractivity contribution in [1.82, 2.24) is 0 Å². The van der Waals surface area contributed by atoms with Crippen molar-refractivity contribution in [3.8, 4) is 22.3 Å². The van der Waals surface area contributed by atoms with Gasteiger partial charge in [-0.05, 0) is 85.3 Å². The molecular weight excluding hydrogens is 530 g/mol. The lowest BCUT2D eigenvalue weighted by atomic mass is 9.77. The van der Waals surface area contributed by atoms with E-state index in [2.05, 4.69) is 5.32 Å². The van der Waals surface area contributed by atoms with Gasteiger partial charge < -0.3 is 5.32 Å². The monoisotopic (exact) mass is 588 g/mol. The maximum Gasteiger partial charge on any atom is 0.0633 e. The van der Waals surface area contributed by atoms with Gasteiger partial charge in [0.2, 0.25) is 0 Å². The van der Waals surface area contributed by atoms with Gasteiger partial charge in [0.15, 0.2) is 0 Å². The maximum absolute atomic E-state index is 9.83. The lowest BCUT2D eigenvalue weighted by Gasteiger charge is -2.29. The molecular formula is C40H50ClN. The Hall–Kier alpha value is -3.03. The van der Waals surface area contributed by atoms with Gasteiger partial charge >= 0.3 is 0 Å². The smallest absolute Gasteiger partial charge is 0.0633 e. The number of hydrogen-bond acceptors (Lipinski definition) is 1. The highest BCUT2D eigenvalue weighted by Gasteiger charge is 2.25. The summed E-state index contributed by atoms with van der Waals surface area (Å²) in [7, 11) is 0. The van der Waals surface area contributed by atoms with E-state index in [4.69, 9.17) is 14.3 Å². The molecule has 0 aromatic heterocycles. The van der Waals surface area contributed by atoms with E-state index in [1.54, 1.807) is 24.3 Å². The predicted octanol–water partition coefficient (Wildman–Crippen LogP) is 12.6. The van der Waals surface area contributed by atoms with E-state index >= 15 is 0 Å². The van der Waals surface area contributed by atoms with Crippen molar-refractivity contribution in [2.45, 2.75) is 105 Å². The van der Waals surface area contributed by atoms with E-state index < -0.39 is 21.7 Å². The molecule has 42 heavy (non-hydrogen) atoms. The van der Waals surface area contributed by atoms with Crippen molar-refractivity contribution >= 4 is 23.0 Å². The molecule has 0 radical (unpaired) electrons. The summed E-state index contributed by atoms with van der Waals surface area (Å²) in [6.07, 6.45) is 0. The molecule has 1 N–H and O–H groups in total. The molecule has 1 nitrogen and oxygen atoms in total. The predicted molar refractivity (Wildman–Crippen MR) is 187 cm³/mol. The van der Waals surface area contributed by atoms with Crippen molar-refractivity contribution in [1.29, 1.82) is 0 Å². The Morgan fingerprint density at radius 1 is 0.548 bits per heavy atom. The van der Waals surface area contributed by atoms with Crippen LogP contribution in [0.5, 0.6) is 0 Å². The van der Waals surface area contributed by atoms with Crippen molar-refractivity contribution in [2.24, 2.45) is 0 Å². The Balaban J connectivity index is 2.48. The second kappa shape index (κ2) is 11.2. The van der Waals surface area contributed by atoms with Crippen LogP contribution in [0.4, 0.5) is 11.4 Å². The number of hydrogen-bond donors (Lipinski definition) is 1. The molecule has 4 aromatic carbocycles. The second-order valence-corrected chi connectivity index (χ2v) is 15.6. The Bertz CT molecular complexity index is 1990.